The van der Waals surface area contributed by atoms with Crippen LogP contribution in [0.5, 0.6) is 0 Å². The number of carbonyl (C=O) groups is 3. The number of rotatable bonds is 5. The third-order valence-electron chi connectivity index (χ3n) is 2.86. The second kappa shape index (κ2) is 7.10. The first kappa shape index (κ1) is 16.8. The Kier molecular flexibility index (Phi) is 5.17. The zero-order valence-corrected chi connectivity index (χ0v) is 13.6. The molecule has 0 aliphatic carbocycles. The molecule has 2 amide bonds. The maximum Gasteiger partial charge on any atom is 0.375 e. The van der Waals surface area contributed by atoms with Crippen LogP contribution in [0, 0.1) is 0 Å². The van der Waals surface area contributed by atoms with E-state index in [0.717, 1.165) is 0 Å². The predicted molar refractivity (Wildman–Crippen MR) is 84.9 cm³/mol. The van der Waals surface area contributed by atoms with Gasteiger partial charge in [-0.05, 0) is 59.3 Å². The van der Waals surface area contributed by atoms with Crippen molar-refractivity contribution in [2.45, 2.75) is 13.0 Å². The van der Waals surface area contributed by atoms with Gasteiger partial charge in [-0.1, -0.05) is 0 Å². The number of ether oxygens (including phenoxy) is 1. The van der Waals surface area contributed by atoms with Crippen LogP contribution in [-0.2, 0) is 9.53 Å². The lowest BCUT2D eigenvalue weighted by atomic mass is 10.2. The molecule has 8 heteroatoms. The molecular weight excluding hydrogens is 368 g/mol. The predicted octanol–water partition coefficient (Wildman–Crippen LogP) is 2.33. The van der Waals surface area contributed by atoms with Crippen LogP contribution >= 0.6 is 15.9 Å². The van der Waals surface area contributed by atoms with Crippen molar-refractivity contribution in [2.24, 2.45) is 5.73 Å². The highest BCUT2D eigenvalue weighted by atomic mass is 79.9. The Balaban J connectivity index is 1.94. The van der Waals surface area contributed by atoms with E-state index in [4.69, 9.17) is 14.9 Å². The van der Waals surface area contributed by atoms with E-state index in [1.807, 2.05) is 0 Å². The number of anilines is 1. The second-order valence-corrected chi connectivity index (χ2v) is 5.36. The molecule has 0 bridgehead atoms. The molecule has 0 fully saturated rings. The Morgan fingerprint density at radius 1 is 1.17 bits per heavy atom. The largest absolute Gasteiger partial charge is 0.447 e. The summed E-state index contributed by atoms with van der Waals surface area (Å²) in [6.07, 6.45) is -1.03. The maximum absolute atomic E-state index is 12.0. The number of amides is 2. The van der Waals surface area contributed by atoms with Crippen molar-refractivity contribution < 1.29 is 23.5 Å². The summed E-state index contributed by atoms with van der Waals surface area (Å²) in [5.74, 6) is -1.84. The van der Waals surface area contributed by atoms with Gasteiger partial charge >= 0.3 is 5.97 Å². The van der Waals surface area contributed by atoms with Crippen LogP contribution in [0.25, 0.3) is 0 Å². The summed E-state index contributed by atoms with van der Waals surface area (Å²) in [5, 5.41) is 2.56. The summed E-state index contributed by atoms with van der Waals surface area (Å²) in [6.45, 7) is 1.43. The van der Waals surface area contributed by atoms with Crippen molar-refractivity contribution >= 4 is 39.4 Å². The lowest BCUT2D eigenvalue weighted by Gasteiger charge is -2.12. The molecule has 1 aromatic heterocycles. The summed E-state index contributed by atoms with van der Waals surface area (Å²) < 4.78 is 10.4. The number of halogens is 1. The number of esters is 1. The van der Waals surface area contributed by atoms with Gasteiger partial charge in [0.2, 0.25) is 11.7 Å². The minimum absolute atomic E-state index is 0.0117. The Bertz CT molecular complexity index is 739. The van der Waals surface area contributed by atoms with Crippen molar-refractivity contribution in [1.29, 1.82) is 0 Å². The molecule has 0 saturated carbocycles. The molecule has 23 heavy (non-hydrogen) atoms. The monoisotopic (exact) mass is 380 g/mol. The Labute approximate surface area is 139 Å². The van der Waals surface area contributed by atoms with E-state index in [-0.39, 0.29) is 5.76 Å². The van der Waals surface area contributed by atoms with E-state index in [2.05, 4.69) is 21.2 Å². The van der Waals surface area contributed by atoms with Gasteiger partial charge in [0.15, 0.2) is 10.8 Å². The fraction of sp³-hybridized carbons (Fsp3) is 0.133. The van der Waals surface area contributed by atoms with Crippen molar-refractivity contribution in [3.8, 4) is 0 Å². The van der Waals surface area contributed by atoms with Gasteiger partial charge in [-0.2, -0.15) is 0 Å². The Morgan fingerprint density at radius 3 is 2.35 bits per heavy atom. The molecule has 120 valence electrons. The second-order valence-electron chi connectivity index (χ2n) is 4.58. The molecule has 2 rings (SSSR count). The van der Waals surface area contributed by atoms with E-state index in [0.29, 0.717) is 15.9 Å². The van der Waals surface area contributed by atoms with Gasteiger partial charge in [-0.25, -0.2) is 4.79 Å². The molecule has 3 N–H and O–H groups in total. The maximum atomic E-state index is 12.0. The summed E-state index contributed by atoms with van der Waals surface area (Å²) in [7, 11) is 0. The van der Waals surface area contributed by atoms with E-state index >= 15 is 0 Å². The van der Waals surface area contributed by atoms with E-state index in [9.17, 15) is 14.4 Å². The van der Waals surface area contributed by atoms with Crippen molar-refractivity contribution in [3.63, 3.8) is 0 Å². The van der Waals surface area contributed by atoms with Crippen LogP contribution in [0.4, 0.5) is 5.69 Å². The number of carbonyl (C=O) groups excluding carboxylic acids is 3. The van der Waals surface area contributed by atoms with Crippen LogP contribution in [0.1, 0.15) is 27.8 Å². The number of hydrogen-bond donors (Lipinski definition) is 2. The van der Waals surface area contributed by atoms with Gasteiger partial charge in [0, 0.05) is 11.3 Å². The fourth-order valence-corrected chi connectivity index (χ4v) is 1.96. The van der Waals surface area contributed by atoms with Crippen LogP contribution in [0.3, 0.4) is 0 Å². The molecule has 1 heterocycles. The third-order valence-corrected chi connectivity index (χ3v) is 3.29. The van der Waals surface area contributed by atoms with Gasteiger partial charge in [0.05, 0.1) is 0 Å². The molecule has 2 aromatic rings. The lowest BCUT2D eigenvalue weighted by molar-refractivity contribution is -0.123. The average molecular weight is 381 g/mol. The molecule has 0 unspecified atom stereocenters. The molecular formula is C15H13BrN2O5. The number of primary amides is 1. The molecule has 1 aromatic carbocycles. The minimum Gasteiger partial charge on any atom is -0.447 e. The van der Waals surface area contributed by atoms with Crippen LogP contribution in [0.2, 0.25) is 0 Å². The van der Waals surface area contributed by atoms with Gasteiger partial charge in [0.25, 0.3) is 5.91 Å². The first-order valence-corrected chi connectivity index (χ1v) is 7.33. The van der Waals surface area contributed by atoms with E-state index < -0.39 is 23.9 Å². The number of furan rings is 1. The van der Waals surface area contributed by atoms with Crippen molar-refractivity contribution in [2.75, 3.05) is 5.32 Å². The standard InChI is InChI=1S/C15H13BrN2O5/c1-8(22-15(21)11-6-7-12(16)23-11)14(20)18-10-4-2-9(3-5-10)13(17)19/h2-8H,1H3,(H2,17,19)(H,18,20)/t8-/m1/s1. The van der Waals surface area contributed by atoms with Gasteiger partial charge in [0.1, 0.15) is 0 Å². The number of nitrogens with one attached hydrogen (secondary N) is 1. The quantitative estimate of drug-likeness (QED) is 0.773. The van der Waals surface area contributed by atoms with Gasteiger partial charge in [-0.3, -0.25) is 9.59 Å². The SMILES string of the molecule is C[C@@H](OC(=O)c1ccc(Br)o1)C(=O)Nc1ccc(C(N)=O)cc1. The highest BCUT2D eigenvalue weighted by Gasteiger charge is 2.21. The van der Waals surface area contributed by atoms with E-state index in [1.54, 1.807) is 6.07 Å². The summed E-state index contributed by atoms with van der Waals surface area (Å²) in [5.41, 5.74) is 5.90. The zero-order chi connectivity index (χ0) is 17.0. The molecule has 7 nitrogen and oxygen atoms in total. The summed E-state index contributed by atoms with van der Waals surface area (Å²) in [6, 6.07) is 8.98. The van der Waals surface area contributed by atoms with Crippen LogP contribution in [-0.4, -0.2) is 23.9 Å². The molecule has 0 radical (unpaired) electrons. The lowest BCUT2D eigenvalue weighted by Crippen LogP contribution is -2.29. The Morgan fingerprint density at radius 2 is 1.83 bits per heavy atom. The fourth-order valence-electron chi connectivity index (χ4n) is 1.66. The first-order valence-electron chi connectivity index (χ1n) is 6.54. The highest BCUT2D eigenvalue weighted by molar-refractivity contribution is 9.10. The van der Waals surface area contributed by atoms with Gasteiger partial charge < -0.3 is 20.2 Å². The highest BCUT2D eigenvalue weighted by Crippen LogP contribution is 2.16. The topological polar surface area (TPSA) is 112 Å². The molecule has 1 atom stereocenters. The number of nitrogens with two attached hydrogens (primary N) is 1. The average Bonchev–Trinajstić information content (AvgIpc) is 2.94. The minimum atomic E-state index is -1.03. The van der Waals surface area contributed by atoms with Crippen LogP contribution in [0.15, 0.2) is 45.5 Å². The molecule has 0 aliphatic heterocycles. The third kappa shape index (κ3) is 4.43. The number of hydrogen-bond acceptors (Lipinski definition) is 5. The normalized spacial score (nSPS) is 11.6. The summed E-state index contributed by atoms with van der Waals surface area (Å²) in [4.78, 5) is 34.7. The summed E-state index contributed by atoms with van der Waals surface area (Å²) >= 11 is 3.07. The van der Waals surface area contributed by atoms with Gasteiger partial charge in [-0.15, -0.1) is 0 Å². The first-order chi connectivity index (χ1) is 10.9. The molecule has 0 saturated heterocycles. The smallest absolute Gasteiger partial charge is 0.375 e. The van der Waals surface area contributed by atoms with Crippen molar-refractivity contribution in [1.82, 2.24) is 0 Å². The molecule has 0 spiro atoms. The molecule has 0 aliphatic rings. The zero-order valence-electron chi connectivity index (χ0n) is 12.0. The number of benzene rings is 1. The van der Waals surface area contributed by atoms with Crippen molar-refractivity contribution in [3.05, 3.63) is 52.4 Å². The van der Waals surface area contributed by atoms with Crippen LogP contribution < -0.4 is 11.1 Å². The van der Waals surface area contributed by atoms with E-state index in [1.165, 1.54) is 37.3 Å². The Hall–Kier alpha value is -2.61.